The molecule has 0 bridgehead atoms. The molecule has 3 rings (SSSR count). The molecule has 0 fully saturated rings. The highest BCUT2D eigenvalue weighted by Gasteiger charge is 2.10. The summed E-state index contributed by atoms with van der Waals surface area (Å²) in [6, 6.07) is 3.01. The molecule has 0 aromatic carbocycles. The Morgan fingerprint density at radius 2 is 2.16 bits per heavy atom. The average molecular weight is 277 g/mol. The fourth-order valence-electron chi connectivity index (χ4n) is 1.74. The Labute approximate surface area is 112 Å². The van der Waals surface area contributed by atoms with E-state index < -0.39 is 0 Å². The SMILES string of the molecule is Cn1ncc2c(Cl)nc(Cn3ncccc3=O)nc21. The van der Waals surface area contributed by atoms with E-state index in [9.17, 15) is 4.79 Å². The van der Waals surface area contributed by atoms with Gasteiger partial charge in [0.15, 0.2) is 11.5 Å². The molecule has 0 saturated heterocycles. The first-order valence-electron chi connectivity index (χ1n) is 5.51. The first-order valence-corrected chi connectivity index (χ1v) is 5.89. The van der Waals surface area contributed by atoms with Crippen LogP contribution in [0.25, 0.3) is 11.0 Å². The third-order valence-corrected chi connectivity index (χ3v) is 2.96. The van der Waals surface area contributed by atoms with Gasteiger partial charge in [-0.2, -0.15) is 10.2 Å². The normalized spacial score (nSPS) is 11.1. The highest BCUT2D eigenvalue weighted by Crippen LogP contribution is 2.19. The van der Waals surface area contributed by atoms with Crippen LogP contribution in [0.3, 0.4) is 0 Å². The molecule has 0 aliphatic carbocycles. The van der Waals surface area contributed by atoms with Crippen molar-refractivity contribution in [3.8, 4) is 0 Å². The lowest BCUT2D eigenvalue weighted by atomic mass is 10.4. The molecule has 0 amide bonds. The standard InChI is InChI=1S/C11H9ClN6O/c1-17-11-7(5-14-17)10(12)15-8(16-11)6-18-9(19)3-2-4-13-18/h2-5H,6H2,1H3. The summed E-state index contributed by atoms with van der Waals surface area (Å²) >= 11 is 6.07. The van der Waals surface area contributed by atoms with Crippen molar-refractivity contribution in [3.63, 3.8) is 0 Å². The van der Waals surface area contributed by atoms with E-state index in [1.54, 1.807) is 24.0 Å². The molecule has 3 aromatic rings. The highest BCUT2D eigenvalue weighted by atomic mass is 35.5. The maximum Gasteiger partial charge on any atom is 0.267 e. The number of halogens is 1. The summed E-state index contributed by atoms with van der Waals surface area (Å²) in [5.74, 6) is 0.418. The third-order valence-electron chi connectivity index (χ3n) is 2.67. The molecular weight excluding hydrogens is 268 g/mol. The summed E-state index contributed by atoms with van der Waals surface area (Å²) in [6.45, 7) is 0.167. The van der Waals surface area contributed by atoms with Gasteiger partial charge in [0.2, 0.25) is 0 Å². The van der Waals surface area contributed by atoms with Crippen LogP contribution in [0.15, 0.2) is 29.3 Å². The van der Waals surface area contributed by atoms with Crippen LogP contribution in [0.2, 0.25) is 5.15 Å². The van der Waals surface area contributed by atoms with Crippen LogP contribution in [0, 0.1) is 0 Å². The molecule has 3 aromatic heterocycles. The first kappa shape index (κ1) is 11.8. The van der Waals surface area contributed by atoms with Crippen LogP contribution in [-0.4, -0.2) is 29.5 Å². The van der Waals surface area contributed by atoms with E-state index in [2.05, 4.69) is 20.2 Å². The van der Waals surface area contributed by atoms with Crippen LogP contribution in [0.4, 0.5) is 0 Å². The van der Waals surface area contributed by atoms with Crippen molar-refractivity contribution in [1.82, 2.24) is 29.5 Å². The summed E-state index contributed by atoms with van der Waals surface area (Å²) in [5, 5.41) is 9.02. The van der Waals surface area contributed by atoms with Crippen LogP contribution in [0.1, 0.15) is 5.82 Å². The zero-order valence-corrected chi connectivity index (χ0v) is 10.7. The minimum absolute atomic E-state index is 0.167. The van der Waals surface area contributed by atoms with Gasteiger partial charge in [-0.15, -0.1) is 0 Å². The van der Waals surface area contributed by atoms with Crippen molar-refractivity contribution < 1.29 is 0 Å². The molecule has 19 heavy (non-hydrogen) atoms. The van der Waals surface area contributed by atoms with Gasteiger partial charge in [0, 0.05) is 19.3 Å². The summed E-state index contributed by atoms with van der Waals surface area (Å²) in [5.41, 5.74) is 0.409. The second kappa shape index (κ2) is 4.43. The largest absolute Gasteiger partial charge is 0.268 e. The minimum atomic E-state index is -0.215. The lowest BCUT2D eigenvalue weighted by molar-refractivity contribution is 0.614. The van der Waals surface area contributed by atoms with Gasteiger partial charge in [-0.3, -0.25) is 9.48 Å². The van der Waals surface area contributed by atoms with Gasteiger partial charge < -0.3 is 0 Å². The summed E-state index contributed by atoms with van der Waals surface area (Å²) in [4.78, 5) is 20.1. The van der Waals surface area contributed by atoms with Crippen molar-refractivity contribution in [2.45, 2.75) is 6.54 Å². The van der Waals surface area contributed by atoms with Crippen molar-refractivity contribution in [2.75, 3.05) is 0 Å². The predicted octanol–water partition coefficient (Wildman–Crippen LogP) is 0.622. The smallest absolute Gasteiger partial charge is 0.267 e. The number of rotatable bonds is 2. The van der Waals surface area contributed by atoms with Crippen LogP contribution < -0.4 is 5.56 Å². The molecule has 0 aliphatic rings. The Bertz CT molecular complexity index is 808. The monoisotopic (exact) mass is 276 g/mol. The Morgan fingerprint density at radius 1 is 1.32 bits per heavy atom. The molecule has 0 radical (unpaired) electrons. The average Bonchev–Trinajstić information content (AvgIpc) is 2.75. The van der Waals surface area contributed by atoms with Crippen LogP contribution in [-0.2, 0) is 13.6 Å². The van der Waals surface area contributed by atoms with E-state index in [1.807, 2.05) is 0 Å². The first-order chi connectivity index (χ1) is 9.15. The second-order valence-electron chi connectivity index (χ2n) is 3.96. The fraction of sp³-hybridized carbons (Fsp3) is 0.182. The lowest BCUT2D eigenvalue weighted by Crippen LogP contribution is -2.22. The van der Waals surface area contributed by atoms with Gasteiger partial charge in [-0.05, 0) is 6.07 Å². The van der Waals surface area contributed by atoms with E-state index in [1.165, 1.54) is 16.9 Å². The van der Waals surface area contributed by atoms with E-state index in [0.29, 0.717) is 22.0 Å². The molecule has 0 saturated carbocycles. The van der Waals surface area contributed by atoms with Crippen molar-refractivity contribution >= 4 is 22.6 Å². The molecule has 8 heteroatoms. The Kier molecular flexibility index (Phi) is 2.75. The number of hydrogen-bond donors (Lipinski definition) is 0. The van der Waals surface area contributed by atoms with Crippen molar-refractivity contribution in [2.24, 2.45) is 7.05 Å². The molecule has 0 atom stereocenters. The zero-order chi connectivity index (χ0) is 13.4. The Balaban J connectivity index is 2.09. The molecule has 0 unspecified atom stereocenters. The molecular formula is C11H9ClN6O. The summed E-state index contributed by atoms with van der Waals surface area (Å²) in [6.07, 6.45) is 3.14. The van der Waals surface area contributed by atoms with Gasteiger partial charge in [0.25, 0.3) is 5.56 Å². The highest BCUT2D eigenvalue weighted by molar-refractivity contribution is 6.33. The Morgan fingerprint density at radius 3 is 2.95 bits per heavy atom. The lowest BCUT2D eigenvalue weighted by Gasteiger charge is -2.04. The molecule has 0 spiro atoms. The molecule has 3 heterocycles. The van der Waals surface area contributed by atoms with Gasteiger partial charge >= 0.3 is 0 Å². The summed E-state index contributed by atoms with van der Waals surface area (Å²) < 4.78 is 2.88. The van der Waals surface area contributed by atoms with E-state index in [0.717, 1.165) is 0 Å². The van der Waals surface area contributed by atoms with Crippen molar-refractivity contribution in [1.29, 1.82) is 0 Å². The van der Waals surface area contributed by atoms with Gasteiger partial charge in [0.1, 0.15) is 11.7 Å². The molecule has 0 aliphatic heterocycles. The van der Waals surface area contributed by atoms with Gasteiger partial charge in [-0.1, -0.05) is 11.6 Å². The molecule has 0 N–H and O–H groups in total. The van der Waals surface area contributed by atoms with Gasteiger partial charge in [0.05, 0.1) is 11.6 Å². The second-order valence-corrected chi connectivity index (χ2v) is 4.31. The van der Waals surface area contributed by atoms with Gasteiger partial charge in [-0.25, -0.2) is 14.6 Å². The third kappa shape index (κ3) is 2.08. The minimum Gasteiger partial charge on any atom is -0.268 e. The van der Waals surface area contributed by atoms with E-state index in [4.69, 9.17) is 11.6 Å². The maximum absolute atomic E-state index is 11.6. The zero-order valence-electron chi connectivity index (χ0n) is 9.99. The van der Waals surface area contributed by atoms with Crippen molar-refractivity contribution in [3.05, 3.63) is 45.9 Å². The number of fused-ring (bicyclic) bond motifs is 1. The molecule has 96 valence electrons. The number of aryl methyl sites for hydroxylation is 1. The number of nitrogens with zero attached hydrogens (tertiary/aromatic N) is 6. The van der Waals surface area contributed by atoms with Crippen LogP contribution >= 0.6 is 11.6 Å². The number of aromatic nitrogens is 6. The van der Waals surface area contributed by atoms with Crippen LogP contribution in [0.5, 0.6) is 0 Å². The van der Waals surface area contributed by atoms with E-state index in [-0.39, 0.29) is 12.1 Å². The topological polar surface area (TPSA) is 78.5 Å². The number of hydrogen-bond acceptors (Lipinski definition) is 5. The molecule has 7 nitrogen and oxygen atoms in total. The van der Waals surface area contributed by atoms with E-state index >= 15 is 0 Å². The quantitative estimate of drug-likeness (QED) is 0.641. The maximum atomic E-state index is 11.6. The fourth-order valence-corrected chi connectivity index (χ4v) is 1.97. The summed E-state index contributed by atoms with van der Waals surface area (Å²) in [7, 11) is 1.77. The predicted molar refractivity (Wildman–Crippen MR) is 68.9 cm³/mol. The Hall–Kier alpha value is -2.28.